The third-order valence-corrected chi connectivity index (χ3v) is 6.67. The van der Waals surface area contributed by atoms with Crippen LogP contribution in [0, 0.1) is 0 Å². The molecule has 0 saturated carbocycles. The van der Waals surface area contributed by atoms with E-state index < -0.39 is 37.1 Å². The van der Waals surface area contributed by atoms with Gasteiger partial charge in [0.05, 0.1) is 6.61 Å². The Labute approximate surface area is 167 Å². The van der Waals surface area contributed by atoms with Gasteiger partial charge in [-0.2, -0.15) is 0 Å². The second-order valence-electron chi connectivity index (χ2n) is 7.27. The number of fused-ring (bicyclic) bond motifs is 1. The van der Waals surface area contributed by atoms with Gasteiger partial charge in [0.15, 0.2) is 0 Å². The molecule has 7 heteroatoms. The number of thiophene rings is 1. The van der Waals surface area contributed by atoms with Crippen LogP contribution in [0.5, 0.6) is 0 Å². The van der Waals surface area contributed by atoms with Crippen LogP contribution in [0.25, 0.3) is 10.9 Å². The first-order valence-electron chi connectivity index (χ1n) is 9.49. The third-order valence-electron chi connectivity index (χ3n) is 5.44. The normalized spacial score (nSPS) is 28.1. The highest BCUT2D eigenvalue weighted by Gasteiger charge is 2.43. The Hall–Kier alpha value is -1.74. The van der Waals surface area contributed by atoms with Gasteiger partial charge in [-0.25, -0.2) is 0 Å². The summed E-state index contributed by atoms with van der Waals surface area (Å²) >= 11 is 1.81. The molecular formula is C21H25NO5S. The molecule has 0 amide bonds. The van der Waals surface area contributed by atoms with Gasteiger partial charge in [-0.3, -0.25) is 0 Å². The molecule has 3 aromatic rings. The molecule has 1 saturated heterocycles. The van der Waals surface area contributed by atoms with Gasteiger partial charge >= 0.3 is 0 Å². The zero-order valence-corrected chi connectivity index (χ0v) is 16.4. The zero-order valence-electron chi connectivity index (χ0n) is 15.6. The molecule has 2 aromatic heterocycles. The van der Waals surface area contributed by atoms with Crippen molar-refractivity contribution in [3.63, 3.8) is 0 Å². The Morgan fingerprint density at radius 2 is 1.82 bits per heavy atom. The number of benzene rings is 1. The van der Waals surface area contributed by atoms with Crippen molar-refractivity contribution in [3.8, 4) is 0 Å². The summed E-state index contributed by atoms with van der Waals surface area (Å²) in [5, 5.41) is 40.9. The van der Waals surface area contributed by atoms with Crippen LogP contribution < -0.4 is 0 Å². The average molecular weight is 404 g/mol. The van der Waals surface area contributed by atoms with Gasteiger partial charge in [0.2, 0.25) is 0 Å². The molecule has 0 bridgehead atoms. The number of rotatable bonds is 5. The van der Waals surface area contributed by atoms with E-state index in [0.29, 0.717) is 5.56 Å². The number of hydrogen-bond acceptors (Lipinski definition) is 6. The lowest BCUT2D eigenvalue weighted by molar-refractivity contribution is -0.231. The lowest BCUT2D eigenvalue weighted by Gasteiger charge is -2.40. The fourth-order valence-electron chi connectivity index (χ4n) is 3.79. The molecule has 28 heavy (non-hydrogen) atoms. The first kappa shape index (κ1) is 19.6. The molecule has 150 valence electrons. The maximum atomic E-state index is 10.4. The van der Waals surface area contributed by atoms with E-state index in [9.17, 15) is 20.4 Å². The van der Waals surface area contributed by atoms with Crippen molar-refractivity contribution in [2.24, 2.45) is 0 Å². The molecule has 1 aliphatic heterocycles. The molecule has 1 aliphatic rings. The van der Waals surface area contributed by atoms with Crippen LogP contribution in [0.2, 0.25) is 0 Å². The Kier molecular flexibility index (Phi) is 5.55. The minimum atomic E-state index is -1.38. The lowest BCUT2D eigenvalue weighted by Crippen LogP contribution is -2.55. The molecule has 3 heterocycles. The van der Waals surface area contributed by atoms with Gasteiger partial charge in [-0.1, -0.05) is 13.0 Å². The monoisotopic (exact) mass is 403 g/mol. The molecule has 1 aromatic carbocycles. The van der Waals surface area contributed by atoms with Crippen LogP contribution >= 0.6 is 11.3 Å². The van der Waals surface area contributed by atoms with Gasteiger partial charge in [0, 0.05) is 33.3 Å². The Balaban J connectivity index is 1.65. The number of aliphatic hydroxyl groups excluding tert-OH is 4. The molecule has 5 atom stereocenters. The van der Waals surface area contributed by atoms with Crippen molar-refractivity contribution in [2.75, 3.05) is 6.61 Å². The molecule has 4 rings (SSSR count). The standard InChI is InChI=1S/C21H25NO5S/c1-2-13-4-5-14(28-13)7-12-9-22-16-6-3-11(8-15(12)16)21-20(26)19(25)18(24)17(10-23)27-21/h3-6,8-9,17-26H,2,7,10H2,1H3/t17-,18-,19+,20-,21+/m1/s1. The topological polar surface area (TPSA) is 106 Å². The quantitative estimate of drug-likeness (QED) is 0.447. The van der Waals surface area contributed by atoms with Crippen LogP contribution in [0.1, 0.15) is 33.9 Å². The van der Waals surface area contributed by atoms with E-state index in [1.807, 2.05) is 35.7 Å². The number of ether oxygens (including phenoxy) is 1. The highest BCUT2D eigenvalue weighted by Crippen LogP contribution is 2.34. The summed E-state index contributed by atoms with van der Waals surface area (Å²) in [6.45, 7) is 1.71. The number of H-pyrrole nitrogens is 1. The van der Waals surface area contributed by atoms with E-state index in [2.05, 4.69) is 24.0 Å². The van der Waals surface area contributed by atoms with Crippen molar-refractivity contribution in [2.45, 2.75) is 50.3 Å². The van der Waals surface area contributed by atoms with E-state index in [-0.39, 0.29) is 0 Å². The van der Waals surface area contributed by atoms with Crippen molar-refractivity contribution < 1.29 is 25.2 Å². The summed E-state index contributed by atoms with van der Waals surface area (Å²) in [4.78, 5) is 5.92. The number of aliphatic hydroxyl groups is 4. The fraction of sp³-hybridized carbons (Fsp3) is 0.429. The first-order valence-corrected chi connectivity index (χ1v) is 10.3. The van der Waals surface area contributed by atoms with Crippen LogP contribution in [-0.2, 0) is 17.6 Å². The van der Waals surface area contributed by atoms with Crippen molar-refractivity contribution >= 4 is 22.2 Å². The van der Waals surface area contributed by atoms with Crippen molar-refractivity contribution in [1.29, 1.82) is 0 Å². The third kappa shape index (κ3) is 3.50. The molecule has 1 fully saturated rings. The predicted molar refractivity (Wildman–Crippen MR) is 108 cm³/mol. The Morgan fingerprint density at radius 3 is 2.54 bits per heavy atom. The SMILES string of the molecule is CCc1ccc(Cc2c[nH]c3ccc([C@@H]4O[C@H](CO)[C@@H](O)[C@H](O)[C@H]4O)cc23)s1. The van der Waals surface area contributed by atoms with Crippen LogP contribution in [0.15, 0.2) is 36.5 Å². The first-order chi connectivity index (χ1) is 13.5. The molecular weight excluding hydrogens is 378 g/mol. The van der Waals surface area contributed by atoms with Crippen LogP contribution in [0.4, 0.5) is 0 Å². The Morgan fingerprint density at radius 1 is 1.04 bits per heavy atom. The van der Waals surface area contributed by atoms with Gasteiger partial charge in [0.1, 0.15) is 30.5 Å². The predicted octanol–water partition coefficient (Wildman–Crippen LogP) is 1.90. The van der Waals surface area contributed by atoms with Crippen molar-refractivity contribution in [3.05, 3.63) is 57.4 Å². The summed E-state index contributed by atoms with van der Waals surface area (Å²) < 4.78 is 5.70. The van der Waals surface area contributed by atoms with Crippen LogP contribution in [-0.4, -0.2) is 56.4 Å². The maximum Gasteiger partial charge on any atom is 0.113 e. The summed E-state index contributed by atoms with van der Waals surface area (Å²) in [7, 11) is 0. The highest BCUT2D eigenvalue weighted by molar-refractivity contribution is 7.12. The smallest absolute Gasteiger partial charge is 0.113 e. The molecule has 5 N–H and O–H groups in total. The van der Waals surface area contributed by atoms with Gasteiger partial charge in [-0.15, -0.1) is 11.3 Å². The molecule has 0 spiro atoms. The maximum absolute atomic E-state index is 10.4. The molecule has 0 aliphatic carbocycles. The van der Waals surface area contributed by atoms with Gasteiger partial charge in [-0.05, 0) is 41.8 Å². The average Bonchev–Trinajstić information content (AvgIpc) is 3.33. The van der Waals surface area contributed by atoms with E-state index in [4.69, 9.17) is 4.74 Å². The molecule has 0 unspecified atom stereocenters. The van der Waals surface area contributed by atoms with E-state index >= 15 is 0 Å². The minimum Gasteiger partial charge on any atom is -0.394 e. The minimum absolute atomic E-state index is 0.433. The number of aromatic nitrogens is 1. The summed E-state index contributed by atoms with van der Waals surface area (Å²) in [6, 6.07) is 10.0. The molecule has 6 nitrogen and oxygen atoms in total. The number of nitrogens with one attached hydrogen (secondary N) is 1. The van der Waals surface area contributed by atoms with Gasteiger partial charge in [0.25, 0.3) is 0 Å². The second kappa shape index (κ2) is 7.94. The van der Waals surface area contributed by atoms with Gasteiger partial charge < -0.3 is 30.1 Å². The second-order valence-corrected chi connectivity index (χ2v) is 8.52. The van der Waals surface area contributed by atoms with Crippen molar-refractivity contribution in [1.82, 2.24) is 4.98 Å². The summed E-state index contributed by atoms with van der Waals surface area (Å²) in [5.74, 6) is 0. The number of aryl methyl sites for hydroxylation is 1. The van der Waals surface area contributed by atoms with Crippen LogP contribution in [0.3, 0.4) is 0 Å². The number of aromatic amines is 1. The lowest BCUT2D eigenvalue weighted by atomic mass is 9.90. The van der Waals surface area contributed by atoms with E-state index in [0.717, 1.165) is 29.3 Å². The largest absolute Gasteiger partial charge is 0.394 e. The van der Waals surface area contributed by atoms with E-state index in [1.54, 1.807) is 0 Å². The molecule has 0 radical (unpaired) electrons. The summed E-state index contributed by atoms with van der Waals surface area (Å²) in [6.07, 6.45) is -1.91. The highest BCUT2D eigenvalue weighted by atomic mass is 32.1. The fourth-order valence-corrected chi connectivity index (χ4v) is 4.77. The summed E-state index contributed by atoms with van der Waals surface area (Å²) in [5.41, 5.74) is 2.83. The Bertz CT molecular complexity index is 949. The zero-order chi connectivity index (χ0) is 19.8. The number of hydrogen-bond donors (Lipinski definition) is 5. The van der Waals surface area contributed by atoms with E-state index in [1.165, 1.54) is 9.75 Å².